The van der Waals surface area contributed by atoms with E-state index in [0.717, 1.165) is 12.1 Å². The number of ether oxygens (including phenoxy) is 2. The number of fused-ring (bicyclic) bond motifs is 5. The topological polar surface area (TPSA) is 47.6 Å². The Morgan fingerprint density at radius 1 is 1.21 bits per heavy atom. The highest BCUT2D eigenvalue weighted by molar-refractivity contribution is 5.93. The molecule has 1 aromatic rings. The number of hydrogen-bond donors (Lipinski definition) is 1. The number of rotatable bonds is 0. The van der Waals surface area contributed by atoms with Crippen LogP contribution in [0.5, 0.6) is 5.75 Å². The van der Waals surface area contributed by atoms with Gasteiger partial charge in [0.15, 0.2) is 0 Å². The molecule has 3 unspecified atom stereocenters. The average molecular weight is 339 g/mol. The van der Waals surface area contributed by atoms with E-state index in [2.05, 4.69) is 11.4 Å². The van der Waals surface area contributed by atoms with Gasteiger partial charge in [0.05, 0.1) is 11.5 Å². The summed E-state index contributed by atoms with van der Waals surface area (Å²) >= 11 is 0. The lowest BCUT2D eigenvalue weighted by Crippen LogP contribution is -2.55. The molecular weight excluding hydrogens is 323 g/mol. The molecule has 0 spiro atoms. The van der Waals surface area contributed by atoms with E-state index in [1.54, 1.807) is 6.92 Å². The summed E-state index contributed by atoms with van der Waals surface area (Å²) in [6, 6.07) is 3.16. The number of carbonyl (C=O) groups is 1. The van der Waals surface area contributed by atoms with Crippen LogP contribution >= 0.6 is 0 Å². The molecule has 3 heterocycles. The predicted molar refractivity (Wildman–Crippen MR) is 78.7 cm³/mol. The summed E-state index contributed by atoms with van der Waals surface area (Å²) in [4.78, 5) is 12.3. The van der Waals surface area contributed by atoms with Crippen LogP contribution in [-0.4, -0.2) is 30.3 Å². The van der Waals surface area contributed by atoms with Crippen molar-refractivity contribution < 1.29 is 27.4 Å². The second-order valence-electron chi connectivity index (χ2n) is 6.47. The van der Waals surface area contributed by atoms with Crippen molar-refractivity contribution in [2.45, 2.75) is 43.8 Å². The first-order chi connectivity index (χ1) is 11.3. The van der Waals surface area contributed by atoms with Crippen molar-refractivity contribution in [2.24, 2.45) is 5.92 Å². The predicted octanol–water partition coefficient (Wildman–Crippen LogP) is 2.93. The zero-order valence-corrected chi connectivity index (χ0v) is 12.8. The van der Waals surface area contributed by atoms with Gasteiger partial charge in [-0.25, -0.2) is 4.79 Å². The van der Waals surface area contributed by atoms with Crippen LogP contribution in [-0.2, 0) is 10.9 Å². The van der Waals surface area contributed by atoms with E-state index in [4.69, 9.17) is 9.47 Å². The minimum absolute atomic E-state index is 0.0348. The number of cyclic esters (lactones) is 1. The van der Waals surface area contributed by atoms with Crippen molar-refractivity contribution in [3.05, 3.63) is 41.5 Å². The first-order valence-corrected chi connectivity index (χ1v) is 7.86. The van der Waals surface area contributed by atoms with Crippen LogP contribution < -0.4 is 10.1 Å². The SMILES string of the molecule is CC1OC(=O)c2cc(C(F)(F)F)ccc2O[C@@H]2C[C@@H]3C=CC(N3)C12. The molecule has 1 aromatic carbocycles. The number of carbonyl (C=O) groups excluding carboxylic acids is 1. The zero-order chi connectivity index (χ0) is 17.1. The summed E-state index contributed by atoms with van der Waals surface area (Å²) in [6.45, 7) is 1.76. The summed E-state index contributed by atoms with van der Waals surface area (Å²) in [5, 5.41) is 3.40. The fourth-order valence-corrected chi connectivity index (χ4v) is 3.80. The molecule has 3 aliphatic rings. The molecule has 4 nitrogen and oxygen atoms in total. The summed E-state index contributed by atoms with van der Waals surface area (Å²) < 4.78 is 50.2. The van der Waals surface area contributed by atoms with Crippen LogP contribution in [0.2, 0.25) is 0 Å². The second-order valence-corrected chi connectivity index (χ2v) is 6.47. The molecule has 2 bridgehead atoms. The molecule has 0 saturated carbocycles. The van der Waals surface area contributed by atoms with Gasteiger partial charge in [-0.05, 0) is 25.1 Å². The number of benzene rings is 1. The largest absolute Gasteiger partial charge is 0.489 e. The molecule has 1 N–H and O–H groups in total. The smallest absolute Gasteiger partial charge is 0.416 e. The summed E-state index contributed by atoms with van der Waals surface area (Å²) in [6.07, 6.45) is -0.440. The number of alkyl halides is 3. The molecule has 0 aromatic heterocycles. The zero-order valence-electron chi connectivity index (χ0n) is 12.8. The molecular formula is C17H16F3NO3. The molecule has 7 heteroatoms. The third kappa shape index (κ3) is 2.47. The molecule has 5 atom stereocenters. The molecule has 24 heavy (non-hydrogen) atoms. The minimum atomic E-state index is -4.52. The Hall–Kier alpha value is -2.02. The first kappa shape index (κ1) is 15.5. The van der Waals surface area contributed by atoms with Crippen molar-refractivity contribution >= 4 is 5.97 Å². The maximum absolute atomic E-state index is 12.9. The average Bonchev–Trinajstić information content (AvgIpc) is 2.87. The van der Waals surface area contributed by atoms with Gasteiger partial charge < -0.3 is 14.8 Å². The lowest BCUT2D eigenvalue weighted by atomic mass is 9.84. The number of hydrogen-bond acceptors (Lipinski definition) is 4. The Balaban J connectivity index is 1.73. The number of nitrogens with one attached hydrogen (secondary N) is 1. The van der Waals surface area contributed by atoms with E-state index < -0.39 is 23.8 Å². The molecule has 3 aliphatic heterocycles. The Morgan fingerprint density at radius 3 is 2.75 bits per heavy atom. The third-order valence-corrected chi connectivity index (χ3v) is 4.93. The van der Waals surface area contributed by atoms with Gasteiger partial charge >= 0.3 is 12.1 Å². The maximum atomic E-state index is 12.9. The lowest BCUT2D eigenvalue weighted by molar-refractivity contribution is -0.137. The van der Waals surface area contributed by atoms with Crippen molar-refractivity contribution in [3.63, 3.8) is 0 Å². The quantitative estimate of drug-likeness (QED) is 0.583. The molecule has 0 aliphatic carbocycles. The van der Waals surface area contributed by atoms with Gasteiger partial charge in [0.1, 0.15) is 23.5 Å². The van der Waals surface area contributed by atoms with Crippen LogP contribution in [0.3, 0.4) is 0 Å². The van der Waals surface area contributed by atoms with Gasteiger partial charge in [-0.3, -0.25) is 0 Å². The van der Waals surface area contributed by atoms with Crippen molar-refractivity contribution in [1.82, 2.24) is 5.32 Å². The third-order valence-electron chi connectivity index (χ3n) is 4.93. The fourth-order valence-electron chi connectivity index (χ4n) is 3.80. The van der Waals surface area contributed by atoms with Crippen LogP contribution in [0, 0.1) is 5.92 Å². The van der Waals surface area contributed by atoms with Crippen molar-refractivity contribution in [3.8, 4) is 5.75 Å². The molecule has 4 rings (SSSR count). The molecule has 128 valence electrons. The molecule has 0 radical (unpaired) electrons. The highest BCUT2D eigenvalue weighted by Crippen LogP contribution is 2.39. The second kappa shape index (κ2) is 5.24. The van der Waals surface area contributed by atoms with Gasteiger partial charge in [0.2, 0.25) is 0 Å². The number of piperidine rings is 1. The lowest BCUT2D eigenvalue weighted by Gasteiger charge is -2.41. The highest BCUT2D eigenvalue weighted by atomic mass is 19.4. The standard InChI is InChI=1S/C17H16F3NO3/c1-8-15-12-4-3-10(21-12)7-14(15)24-13-5-2-9(17(18,19)20)6-11(13)16(22)23-8/h2-6,8,10,12,14-15,21H,7H2,1H3/t8?,10-,12?,14+,15?/m0/s1. The number of esters is 1. The summed E-state index contributed by atoms with van der Waals surface area (Å²) in [5.41, 5.74) is -1.06. The van der Waals surface area contributed by atoms with Gasteiger partial charge in [-0.1, -0.05) is 12.2 Å². The Morgan fingerprint density at radius 2 is 2.00 bits per heavy atom. The summed E-state index contributed by atoms with van der Waals surface area (Å²) in [5.74, 6) is -0.721. The van der Waals surface area contributed by atoms with Crippen molar-refractivity contribution in [1.29, 1.82) is 0 Å². The van der Waals surface area contributed by atoms with E-state index in [0.29, 0.717) is 6.42 Å². The highest BCUT2D eigenvalue weighted by Gasteiger charge is 2.46. The van der Waals surface area contributed by atoms with Crippen LogP contribution in [0.15, 0.2) is 30.4 Å². The van der Waals surface area contributed by atoms with Gasteiger partial charge in [-0.2, -0.15) is 13.2 Å². The van der Waals surface area contributed by atoms with Gasteiger partial charge in [0, 0.05) is 18.5 Å². The molecule has 1 fully saturated rings. The molecule has 1 saturated heterocycles. The normalized spacial score (nSPS) is 34.5. The Labute approximate surface area is 136 Å². The maximum Gasteiger partial charge on any atom is 0.416 e. The van der Waals surface area contributed by atoms with Crippen LogP contribution in [0.4, 0.5) is 13.2 Å². The van der Waals surface area contributed by atoms with E-state index in [-0.39, 0.29) is 35.4 Å². The first-order valence-electron chi connectivity index (χ1n) is 7.86. The van der Waals surface area contributed by atoms with Crippen LogP contribution in [0.25, 0.3) is 0 Å². The van der Waals surface area contributed by atoms with E-state index in [1.807, 2.05) is 6.08 Å². The summed E-state index contributed by atoms with van der Waals surface area (Å²) in [7, 11) is 0. The van der Waals surface area contributed by atoms with Gasteiger partial charge in [-0.15, -0.1) is 0 Å². The van der Waals surface area contributed by atoms with Crippen LogP contribution in [0.1, 0.15) is 29.3 Å². The van der Waals surface area contributed by atoms with E-state index in [1.165, 1.54) is 6.07 Å². The Bertz CT molecular complexity index is 716. The monoisotopic (exact) mass is 339 g/mol. The Kier molecular flexibility index (Phi) is 3.38. The van der Waals surface area contributed by atoms with E-state index >= 15 is 0 Å². The minimum Gasteiger partial charge on any atom is -0.489 e. The van der Waals surface area contributed by atoms with Crippen molar-refractivity contribution in [2.75, 3.05) is 0 Å². The van der Waals surface area contributed by atoms with E-state index in [9.17, 15) is 18.0 Å². The molecule has 0 amide bonds. The fraction of sp³-hybridized carbons (Fsp3) is 0.471. The van der Waals surface area contributed by atoms with Gasteiger partial charge in [0.25, 0.3) is 0 Å². The number of halogens is 3.